The van der Waals surface area contributed by atoms with Gasteiger partial charge in [0.2, 0.25) is 0 Å². The molecule has 0 saturated carbocycles. The summed E-state index contributed by atoms with van der Waals surface area (Å²) in [7, 11) is 0. The summed E-state index contributed by atoms with van der Waals surface area (Å²) in [6.07, 6.45) is 0. The van der Waals surface area contributed by atoms with Crippen molar-refractivity contribution >= 4 is 11.0 Å². The highest BCUT2D eigenvalue weighted by Gasteiger charge is 2.13. The van der Waals surface area contributed by atoms with Crippen LogP contribution in [-0.2, 0) is 13.1 Å². The fourth-order valence-corrected chi connectivity index (χ4v) is 2.84. The molecular formula is C20H18N4. The van der Waals surface area contributed by atoms with Crippen LogP contribution in [0.3, 0.4) is 0 Å². The van der Waals surface area contributed by atoms with Crippen molar-refractivity contribution in [2.24, 2.45) is 0 Å². The van der Waals surface area contributed by atoms with Crippen molar-refractivity contribution < 1.29 is 0 Å². The van der Waals surface area contributed by atoms with Crippen LogP contribution in [0.4, 0.5) is 0 Å². The molecule has 4 aromatic rings. The predicted octanol–water partition coefficient (Wildman–Crippen LogP) is 3.77. The van der Waals surface area contributed by atoms with Gasteiger partial charge < -0.3 is 0 Å². The van der Waals surface area contributed by atoms with Gasteiger partial charge in [-0.25, -0.2) is 0 Å². The molecule has 0 radical (unpaired) electrons. The first-order valence-corrected chi connectivity index (χ1v) is 8.04. The monoisotopic (exact) mass is 314 g/mol. The second-order valence-corrected chi connectivity index (χ2v) is 5.76. The van der Waals surface area contributed by atoms with Crippen LogP contribution in [0.15, 0.2) is 84.9 Å². The molecule has 4 nitrogen and oxygen atoms in total. The van der Waals surface area contributed by atoms with Gasteiger partial charge in [0.05, 0.1) is 13.1 Å². The van der Waals surface area contributed by atoms with E-state index in [2.05, 4.69) is 69.9 Å². The average molecular weight is 314 g/mol. The highest BCUT2D eigenvalue weighted by molar-refractivity contribution is 5.74. The summed E-state index contributed by atoms with van der Waals surface area (Å²) in [5.41, 5.74) is 4.41. The molecule has 1 heterocycles. The summed E-state index contributed by atoms with van der Waals surface area (Å²) in [6.45, 7) is 1.53. The molecule has 4 rings (SSSR count). The van der Waals surface area contributed by atoms with Gasteiger partial charge in [-0.2, -0.15) is 4.79 Å². The van der Waals surface area contributed by atoms with E-state index in [0.29, 0.717) is 0 Å². The van der Waals surface area contributed by atoms with E-state index in [4.69, 9.17) is 0 Å². The van der Waals surface area contributed by atoms with Crippen LogP contribution >= 0.6 is 0 Å². The molecule has 0 amide bonds. The molecule has 0 aliphatic heterocycles. The number of hydrogen-bond acceptors (Lipinski definition) is 3. The third kappa shape index (κ3) is 2.99. The quantitative estimate of drug-likeness (QED) is 0.562. The Hall–Kier alpha value is -3.14. The summed E-state index contributed by atoms with van der Waals surface area (Å²) in [4.78, 5) is 1.91. The van der Waals surface area contributed by atoms with Gasteiger partial charge in [-0.3, -0.25) is 5.01 Å². The minimum Gasteiger partial charge on any atom is -0.286 e. The maximum Gasteiger partial charge on any atom is 0.115 e. The van der Waals surface area contributed by atoms with Crippen molar-refractivity contribution in [1.29, 1.82) is 0 Å². The van der Waals surface area contributed by atoms with E-state index in [0.717, 1.165) is 24.1 Å². The zero-order chi connectivity index (χ0) is 16.2. The van der Waals surface area contributed by atoms with Crippen LogP contribution in [0, 0.1) is 0 Å². The molecule has 4 heteroatoms. The Labute approximate surface area is 140 Å². The van der Waals surface area contributed by atoms with E-state index in [9.17, 15) is 0 Å². The molecule has 118 valence electrons. The summed E-state index contributed by atoms with van der Waals surface area (Å²) >= 11 is 0. The number of hydrogen-bond donors (Lipinski definition) is 0. The number of benzene rings is 3. The number of aromatic nitrogens is 3. The number of para-hydroxylation sites is 1. The first-order valence-electron chi connectivity index (χ1n) is 8.04. The fourth-order valence-electron chi connectivity index (χ4n) is 2.84. The molecule has 0 unspecified atom stereocenters. The smallest absolute Gasteiger partial charge is 0.115 e. The summed E-state index contributed by atoms with van der Waals surface area (Å²) in [6, 6.07) is 28.9. The Morgan fingerprint density at radius 2 is 1.21 bits per heavy atom. The van der Waals surface area contributed by atoms with Gasteiger partial charge >= 0.3 is 0 Å². The second kappa shape index (κ2) is 6.54. The lowest BCUT2D eigenvalue weighted by Crippen LogP contribution is -2.34. The molecule has 3 aromatic carbocycles. The Morgan fingerprint density at radius 1 is 0.667 bits per heavy atom. The van der Waals surface area contributed by atoms with Crippen molar-refractivity contribution in [2.75, 3.05) is 5.01 Å². The van der Waals surface area contributed by atoms with Crippen LogP contribution in [0.2, 0.25) is 0 Å². The summed E-state index contributed by atoms with van der Waals surface area (Å²) in [5.74, 6) is 0. The number of nitrogens with zero attached hydrogens (tertiary/aromatic N) is 4. The Kier molecular flexibility index (Phi) is 3.94. The standard InChI is InChI=1S/C20H18N4/c1-3-9-17(10-4-1)15-23(16-18-11-5-2-6-12-18)24-20-14-8-7-13-19(20)21-22-24/h1-14H,15-16H2. The molecule has 0 fully saturated rings. The van der Waals surface area contributed by atoms with E-state index in [1.165, 1.54) is 11.1 Å². The predicted molar refractivity (Wildman–Crippen MR) is 96.0 cm³/mol. The van der Waals surface area contributed by atoms with Gasteiger partial charge in [-0.05, 0) is 28.5 Å². The molecule has 24 heavy (non-hydrogen) atoms. The molecular weight excluding hydrogens is 296 g/mol. The zero-order valence-corrected chi connectivity index (χ0v) is 13.3. The van der Waals surface area contributed by atoms with E-state index in [1.54, 1.807) is 0 Å². The molecule has 0 saturated heterocycles. The van der Waals surface area contributed by atoms with Crippen molar-refractivity contribution in [3.05, 3.63) is 96.1 Å². The molecule has 0 bridgehead atoms. The molecule has 0 N–H and O–H groups in total. The third-order valence-electron chi connectivity index (χ3n) is 4.02. The SMILES string of the molecule is c1ccc(CN(Cc2ccccc2)n2nnc3ccccc32)cc1. The van der Waals surface area contributed by atoms with Crippen LogP contribution in [0.5, 0.6) is 0 Å². The van der Waals surface area contributed by atoms with Crippen molar-refractivity contribution in [3.63, 3.8) is 0 Å². The van der Waals surface area contributed by atoms with Gasteiger partial charge in [0.25, 0.3) is 0 Å². The van der Waals surface area contributed by atoms with Crippen molar-refractivity contribution in [2.45, 2.75) is 13.1 Å². The third-order valence-corrected chi connectivity index (χ3v) is 4.02. The molecule has 0 aliphatic carbocycles. The highest BCUT2D eigenvalue weighted by Crippen LogP contribution is 2.14. The van der Waals surface area contributed by atoms with Crippen LogP contribution in [0.25, 0.3) is 11.0 Å². The minimum atomic E-state index is 0.767. The fraction of sp³-hybridized carbons (Fsp3) is 0.100. The minimum absolute atomic E-state index is 0.767. The van der Waals surface area contributed by atoms with E-state index < -0.39 is 0 Å². The van der Waals surface area contributed by atoms with Gasteiger partial charge in [-0.15, -0.1) is 5.10 Å². The highest BCUT2D eigenvalue weighted by atomic mass is 15.7. The zero-order valence-electron chi connectivity index (χ0n) is 13.3. The first-order chi connectivity index (χ1) is 11.9. The maximum absolute atomic E-state index is 4.38. The van der Waals surface area contributed by atoms with Crippen LogP contribution in [-0.4, -0.2) is 15.1 Å². The van der Waals surface area contributed by atoms with Crippen LogP contribution in [0.1, 0.15) is 11.1 Å². The van der Waals surface area contributed by atoms with Gasteiger partial charge in [0, 0.05) is 0 Å². The first kappa shape index (κ1) is 14.5. The average Bonchev–Trinajstić information content (AvgIpc) is 3.07. The van der Waals surface area contributed by atoms with Crippen molar-refractivity contribution in [3.8, 4) is 0 Å². The molecule has 0 aliphatic rings. The van der Waals surface area contributed by atoms with Gasteiger partial charge in [-0.1, -0.05) is 72.8 Å². The lowest BCUT2D eigenvalue weighted by atomic mass is 10.2. The number of fused-ring (bicyclic) bond motifs is 1. The van der Waals surface area contributed by atoms with E-state index >= 15 is 0 Å². The summed E-state index contributed by atoms with van der Waals surface area (Å²) in [5, 5.41) is 10.9. The number of rotatable bonds is 5. The van der Waals surface area contributed by atoms with E-state index in [1.807, 2.05) is 35.1 Å². The molecule has 0 atom stereocenters. The van der Waals surface area contributed by atoms with E-state index in [-0.39, 0.29) is 0 Å². The maximum atomic E-state index is 4.38. The van der Waals surface area contributed by atoms with Crippen LogP contribution < -0.4 is 5.01 Å². The van der Waals surface area contributed by atoms with Crippen molar-refractivity contribution in [1.82, 2.24) is 15.1 Å². The topological polar surface area (TPSA) is 34.0 Å². The Bertz CT molecular complexity index is 874. The largest absolute Gasteiger partial charge is 0.286 e. The van der Waals surface area contributed by atoms with Gasteiger partial charge in [0.1, 0.15) is 11.0 Å². The molecule has 1 aromatic heterocycles. The lowest BCUT2D eigenvalue weighted by molar-refractivity contribution is 0.519. The normalized spacial score (nSPS) is 10.8. The lowest BCUT2D eigenvalue weighted by Gasteiger charge is -2.25. The second-order valence-electron chi connectivity index (χ2n) is 5.76. The summed E-state index contributed by atoms with van der Waals surface area (Å²) < 4.78 is 0. The van der Waals surface area contributed by atoms with Gasteiger partial charge in [0.15, 0.2) is 0 Å². The molecule has 0 spiro atoms. The Morgan fingerprint density at radius 3 is 1.83 bits per heavy atom. The Balaban J connectivity index is 1.72.